The van der Waals surface area contributed by atoms with Gasteiger partial charge >= 0.3 is 5.76 Å². The number of aryl methyl sites for hydroxylation is 1. The first-order valence-electron chi connectivity index (χ1n) is 9.15. The van der Waals surface area contributed by atoms with Gasteiger partial charge in [-0.15, -0.1) is 0 Å². The van der Waals surface area contributed by atoms with Crippen LogP contribution in [0.5, 0.6) is 0 Å². The third kappa shape index (κ3) is 3.71. The summed E-state index contributed by atoms with van der Waals surface area (Å²) in [5.74, 6) is -0.404. The molecule has 4 aromatic rings. The van der Waals surface area contributed by atoms with Gasteiger partial charge in [0.05, 0.1) is 5.52 Å². The first-order chi connectivity index (χ1) is 13.7. The predicted molar refractivity (Wildman–Crippen MR) is 111 cm³/mol. The summed E-state index contributed by atoms with van der Waals surface area (Å²) in [6.45, 7) is 0.519. The minimum absolute atomic E-state index is 0.404. The third-order valence-corrected chi connectivity index (χ3v) is 4.68. The number of rotatable bonds is 6. The molecule has 28 heavy (non-hydrogen) atoms. The van der Waals surface area contributed by atoms with E-state index in [1.807, 2.05) is 30.4 Å². The van der Waals surface area contributed by atoms with Gasteiger partial charge in [0.2, 0.25) is 0 Å². The summed E-state index contributed by atoms with van der Waals surface area (Å²) in [5.41, 5.74) is 5.13. The fourth-order valence-electron chi connectivity index (χ4n) is 3.21. The lowest BCUT2D eigenvalue weighted by Crippen LogP contribution is -2.13. The Labute approximate surface area is 162 Å². The molecule has 0 atom stereocenters. The number of allylic oxidation sites excluding steroid dienone is 1. The second kappa shape index (κ2) is 7.92. The quantitative estimate of drug-likeness (QED) is 0.440. The van der Waals surface area contributed by atoms with Crippen molar-refractivity contribution < 1.29 is 9.21 Å². The summed E-state index contributed by atoms with van der Waals surface area (Å²) in [7, 11) is 0. The molecule has 0 N–H and O–H groups in total. The molecule has 4 heteroatoms. The lowest BCUT2D eigenvalue weighted by molar-refractivity contribution is 0.112. The number of nitrogens with zero attached hydrogens (tertiary/aromatic N) is 1. The van der Waals surface area contributed by atoms with Crippen LogP contribution in [-0.4, -0.2) is 10.9 Å². The van der Waals surface area contributed by atoms with Gasteiger partial charge in [0, 0.05) is 12.1 Å². The van der Waals surface area contributed by atoms with E-state index in [4.69, 9.17) is 4.42 Å². The molecule has 0 bridgehead atoms. The highest BCUT2D eigenvalue weighted by molar-refractivity contribution is 5.83. The lowest BCUT2D eigenvalue weighted by Gasteiger charge is -2.02. The summed E-state index contributed by atoms with van der Waals surface area (Å²) in [6.07, 6.45) is 5.53. The second-order valence-electron chi connectivity index (χ2n) is 6.54. The van der Waals surface area contributed by atoms with Gasteiger partial charge in [-0.05, 0) is 41.3 Å². The average molecular weight is 369 g/mol. The molecule has 0 saturated carbocycles. The molecular weight excluding hydrogens is 350 g/mol. The number of aldehydes is 1. The van der Waals surface area contributed by atoms with Crippen LogP contribution in [0.1, 0.15) is 22.3 Å². The van der Waals surface area contributed by atoms with E-state index in [1.54, 1.807) is 22.8 Å². The number of hydrogen-bond acceptors (Lipinski definition) is 3. The van der Waals surface area contributed by atoms with Crippen molar-refractivity contribution in [3.05, 3.63) is 101 Å². The highest BCUT2D eigenvalue weighted by atomic mass is 16.4. The Kier molecular flexibility index (Phi) is 5.02. The van der Waals surface area contributed by atoms with Crippen LogP contribution in [0.15, 0.2) is 88.1 Å². The molecule has 0 unspecified atom stereocenters. The third-order valence-electron chi connectivity index (χ3n) is 4.68. The predicted octanol–water partition coefficient (Wildman–Crippen LogP) is 5.18. The zero-order valence-corrected chi connectivity index (χ0v) is 15.2. The molecule has 0 aliphatic heterocycles. The minimum Gasteiger partial charge on any atom is -0.408 e. The number of carbonyl (C=O) groups is 1. The van der Waals surface area contributed by atoms with Crippen LogP contribution >= 0.6 is 0 Å². The summed E-state index contributed by atoms with van der Waals surface area (Å²) in [4.78, 5) is 22.9. The Hall–Kier alpha value is -3.66. The highest BCUT2D eigenvalue weighted by Gasteiger charge is 2.08. The molecule has 1 heterocycles. The Morgan fingerprint density at radius 1 is 0.857 bits per heavy atom. The zero-order chi connectivity index (χ0) is 19.3. The monoisotopic (exact) mass is 369 g/mol. The van der Waals surface area contributed by atoms with E-state index in [1.165, 1.54) is 11.1 Å². The van der Waals surface area contributed by atoms with Crippen LogP contribution in [0.4, 0.5) is 0 Å². The Bertz CT molecular complexity index is 1180. The first kappa shape index (κ1) is 17.7. The van der Waals surface area contributed by atoms with Crippen LogP contribution in [-0.2, 0) is 6.54 Å². The largest absolute Gasteiger partial charge is 0.419 e. The number of aromatic nitrogens is 1. The van der Waals surface area contributed by atoms with E-state index < -0.39 is 5.76 Å². The van der Waals surface area contributed by atoms with Gasteiger partial charge in [0.25, 0.3) is 0 Å². The van der Waals surface area contributed by atoms with E-state index in [-0.39, 0.29) is 0 Å². The average Bonchev–Trinajstić information content (AvgIpc) is 3.06. The smallest absolute Gasteiger partial charge is 0.408 e. The number of benzene rings is 3. The van der Waals surface area contributed by atoms with Crippen molar-refractivity contribution >= 4 is 23.5 Å². The van der Waals surface area contributed by atoms with Crippen molar-refractivity contribution in [3.8, 4) is 11.1 Å². The van der Waals surface area contributed by atoms with E-state index in [2.05, 4.69) is 36.4 Å². The van der Waals surface area contributed by atoms with Crippen LogP contribution in [0.2, 0.25) is 0 Å². The molecule has 0 aliphatic rings. The lowest BCUT2D eigenvalue weighted by atomic mass is 10.0. The molecule has 3 aromatic carbocycles. The van der Waals surface area contributed by atoms with Gasteiger partial charge in [-0.3, -0.25) is 9.36 Å². The number of oxazole rings is 1. The zero-order valence-electron chi connectivity index (χ0n) is 15.2. The van der Waals surface area contributed by atoms with E-state index in [0.29, 0.717) is 29.6 Å². The highest BCUT2D eigenvalue weighted by Crippen LogP contribution is 2.20. The van der Waals surface area contributed by atoms with Crippen molar-refractivity contribution in [2.45, 2.75) is 13.0 Å². The van der Waals surface area contributed by atoms with Crippen molar-refractivity contribution in [2.75, 3.05) is 0 Å². The molecular formula is C24H19NO3. The van der Waals surface area contributed by atoms with Crippen molar-refractivity contribution in [1.29, 1.82) is 0 Å². The molecule has 0 radical (unpaired) electrons. The molecule has 0 amide bonds. The fourth-order valence-corrected chi connectivity index (χ4v) is 3.21. The number of hydrogen-bond donors (Lipinski definition) is 0. The summed E-state index contributed by atoms with van der Waals surface area (Å²) in [5, 5.41) is 0. The first-order valence-corrected chi connectivity index (χ1v) is 9.15. The minimum atomic E-state index is -0.404. The Morgan fingerprint density at radius 3 is 2.32 bits per heavy atom. The maximum absolute atomic E-state index is 12.1. The maximum Gasteiger partial charge on any atom is 0.419 e. The fraction of sp³-hybridized carbons (Fsp3) is 0.0833. The van der Waals surface area contributed by atoms with Gasteiger partial charge in [-0.25, -0.2) is 4.79 Å². The molecule has 4 nitrogen and oxygen atoms in total. The van der Waals surface area contributed by atoms with E-state index in [0.717, 1.165) is 11.8 Å². The van der Waals surface area contributed by atoms with Crippen molar-refractivity contribution in [3.63, 3.8) is 0 Å². The molecule has 0 fully saturated rings. The van der Waals surface area contributed by atoms with Crippen LogP contribution in [0.25, 0.3) is 28.3 Å². The van der Waals surface area contributed by atoms with Crippen LogP contribution in [0.3, 0.4) is 0 Å². The van der Waals surface area contributed by atoms with Crippen molar-refractivity contribution in [1.82, 2.24) is 4.57 Å². The Morgan fingerprint density at radius 2 is 1.57 bits per heavy atom. The molecule has 138 valence electrons. The van der Waals surface area contributed by atoms with Crippen molar-refractivity contribution in [2.24, 2.45) is 0 Å². The topological polar surface area (TPSA) is 52.2 Å². The Balaban J connectivity index is 1.43. The standard InChI is InChI=1S/C24H19NO3/c26-17-19-11-14-22-23(16-19)28-24(27)25(22)15-5-4-6-18-9-12-21(13-10-18)20-7-2-1-3-8-20/h1-4,6-14,16-17H,5,15H2/b6-4+. The molecule has 0 aliphatic carbocycles. The normalized spacial score (nSPS) is 11.3. The van der Waals surface area contributed by atoms with Gasteiger partial charge in [0.1, 0.15) is 6.29 Å². The van der Waals surface area contributed by atoms with Gasteiger partial charge in [-0.2, -0.15) is 0 Å². The molecule has 0 spiro atoms. The van der Waals surface area contributed by atoms with Gasteiger partial charge in [-0.1, -0.05) is 66.7 Å². The van der Waals surface area contributed by atoms with E-state index in [9.17, 15) is 9.59 Å². The SMILES string of the molecule is O=Cc1ccc2c(c1)oc(=O)n2CC/C=C/c1ccc(-c2ccccc2)cc1. The maximum atomic E-state index is 12.1. The number of carbonyl (C=O) groups excluding carboxylic acids is 1. The molecule has 1 aromatic heterocycles. The summed E-state index contributed by atoms with van der Waals surface area (Å²) in [6, 6.07) is 23.7. The van der Waals surface area contributed by atoms with Crippen LogP contribution in [0, 0.1) is 0 Å². The van der Waals surface area contributed by atoms with Crippen LogP contribution < -0.4 is 5.76 Å². The van der Waals surface area contributed by atoms with Gasteiger partial charge in [0.15, 0.2) is 5.58 Å². The van der Waals surface area contributed by atoms with E-state index >= 15 is 0 Å². The second-order valence-corrected chi connectivity index (χ2v) is 6.54. The molecule has 0 saturated heterocycles. The summed E-state index contributed by atoms with van der Waals surface area (Å²) < 4.78 is 6.83. The summed E-state index contributed by atoms with van der Waals surface area (Å²) >= 11 is 0. The number of fused-ring (bicyclic) bond motifs is 1. The molecule has 4 rings (SSSR count). The van der Waals surface area contributed by atoms with Gasteiger partial charge < -0.3 is 4.42 Å².